The number of benzene rings is 1. The molecule has 1 aliphatic rings. The van der Waals surface area contributed by atoms with E-state index in [1.54, 1.807) is 37.3 Å². The standard InChI is InChI=1S/C13H18N2O4S/c1-2-19-13(16)14-8-10-15(11-9-14)20(17,18)12-6-4-3-5-7-12/h3-7H,2,8-11H2,1H3. The molecule has 0 unspecified atom stereocenters. The van der Waals surface area contributed by atoms with Crippen LogP contribution in [0.25, 0.3) is 0 Å². The van der Waals surface area contributed by atoms with Crippen molar-refractivity contribution in [3.8, 4) is 0 Å². The third-order valence-corrected chi connectivity index (χ3v) is 5.06. The van der Waals surface area contributed by atoms with E-state index in [-0.39, 0.29) is 24.1 Å². The number of ether oxygens (including phenoxy) is 1. The third kappa shape index (κ3) is 3.10. The lowest BCUT2D eigenvalue weighted by atomic mass is 10.4. The van der Waals surface area contributed by atoms with Crippen molar-refractivity contribution >= 4 is 16.1 Å². The van der Waals surface area contributed by atoms with Gasteiger partial charge in [-0.3, -0.25) is 0 Å². The number of hydrogen-bond acceptors (Lipinski definition) is 4. The van der Waals surface area contributed by atoms with Gasteiger partial charge in [-0.2, -0.15) is 4.31 Å². The van der Waals surface area contributed by atoms with Gasteiger partial charge in [-0.15, -0.1) is 0 Å². The second kappa shape index (κ2) is 6.23. The molecule has 0 N–H and O–H groups in total. The first-order valence-electron chi connectivity index (χ1n) is 6.52. The molecule has 6 nitrogen and oxygen atoms in total. The van der Waals surface area contributed by atoms with Crippen LogP contribution in [0.4, 0.5) is 4.79 Å². The van der Waals surface area contributed by atoms with Gasteiger partial charge in [0, 0.05) is 26.2 Å². The lowest BCUT2D eigenvalue weighted by Crippen LogP contribution is -2.50. The van der Waals surface area contributed by atoms with E-state index in [1.165, 1.54) is 9.21 Å². The maximum absolute atomic E-state index is 12.4. The van der Waals surface area contributed by atoms with E-state index >= 15 is 0 Å². The molecular weight excluding hydrogens is 280 g/mol. The summed E-state index contributed by atoms with van der Waals surface area (Å²) >= 11 is 0. The molecule has 0 atom stereocenters. The van der Waals surface area contributed by atoms with Crippen LogP contribution in [0.1, 0.15) is 6.92 Å². The Morgan fingerprint density at radius 3 is 2.30 bits per heavy atom. The summed E-state index contributed by atoms with van der Waals surface area (Å²) in [6, 6.07) is 8.32. The van der Waals surface area contributed by atoms with Crippen LogP contribution in [-0.2, 0) is 14.8 Å². The average molecular weight is 298 g/mol. The van der Waals surface area contributed by atoms with Crippen molar-refractivity contribution in [3.05, 3.63) is 30.3 Å². The number of carbonyl (C=O) groups excluding carboxylic acids is 1. The molecule has 1 aliphatic heterocycles. The van der Waals surface area contributed by atoms with Crippen LogP contribution in [0, 0.1) is 0 Å². The molecule has 1 fully saturated rings. The van der Waals surface area contributed by atoms with Gasteiger partial charge in [0.1, 0.15) is 0 Å². The smallest absolute Gasteiger partial charge is 0.409 e. The Hall–Kier alpha value is -1.60. The fourth-order valence-electron chi connectivity index (χ4n) is 2.07. The Kier molecular flexibility index (Phi) is 4.61. The lowest BCUT2D eigenvalue weighted by molar-refractivity contribution is 0.0934. The number of sulfonamides is 1. The van der Waals surface area contributed by atoms with Crippen LogP contribution in [0.5, 0.6) is 0 Å². The Morgan fingerprint density at radius 1 is 1.15 bits per heavy atom. The lowest BCUT2D eigenvalue weighted by Gasteiger charge is -2.33. The van der Waals surface area contributed by atoms with Crippen molar-refractivity contribution in [1.82, 2.24) is 9.21 Å². The predicted molar refractivity (Wildman–Crippen MR) is 73.8 cm³/mol. The van der Waals surface area contributed by atoms with Crippen molar-refractivity contribution < 1.29 is 17.9 Å². The van der Waals surface area contributed by atoms with Gasteiger partial charge in [-0.05, 0) is 19.1 Å². The van der Waals surface area contributed by atoms with Crippen LogP contribution in [0.3, 0.4) is 0 Å². The number of hydrogen-bond donors (Lipinski definition) is 0. The van der Waals surface area contributed by atoms with Gasteiger partial charge in [-0.25, -0.2) is 13.2 Å². The number of piperazine rings is 1. The molecule has 0 spiro atoms. The van der Waals surface area contributed by atoms with E-state index in [0.29, 0.717) is 19.7 Å². The Morgan fingerprint density at radius 2 is 1.75 bits per heavy atom. The summed E-state index contributed by atoms with van der Waals surface area (Å²) in [6.45, 7) is 3.34. The van der Waals surface area contributed by atoms with Crippen molar-refractivity contribution in [2.45, 2.75) is 11.8 Å². The summed E-state index contributed by atoms with van der Waals surface area (Å²) < 4.78 is 31.1. The number of carbonyl (C=O) groups is 1. The highest BCUT2D eigenvalue weighted by Crippen LogP contribution is 2.17. The van der Waals surface area contributed by atoms with Gasteiger partial charge in [0.15, 0.2) is 0 Å². The van der Waals surface area contributed by atoms with Gasteiger partial charge in [0.05, 0.1) is 11.5 Å². The zero-order valence-corrected chi connectivity index (χ0v) is 12.2. The first-order valence-corrected chi connectivity index (χ1v) is 7.96. The van der Waals surface area contributed by atoms with Crippen LogP contribution in [-0.4, -0.2) is 56.5 Å². The van der Waals surface area contributed by atoms with Gasteiger partial charge in [0.2, 0.25) is 10.0 Å². The molecule has 0 aliphatic carbocycles. The second-order valence-corrected chi connectivity index (χ2v) is 6.34. The third-order valence-electron chi connectivity index (χ3n) is 3.15. The van der Waals surface area contributed by atoms with Gasteiger partial charge < -0.3 is 9.64 Å². The van der Waals surface area contributed by atoms with E-state index in [2.05, 4.69) is 0 Å². The summed E-state index contributed by atoms with van der Waals surface area (Å²) in [6.07, 6.45) is -0.385. The van der Waals surface area contributed by atoms with E-state index in [4.69, 9.17) is 4.74 Å². The quantitative estimate of drug-likeness (QED) is 0.839. The fraction of sp³-hybridized carbons (Fsp3) is 0.462. The van der Waals surface area contributed by atoms with E-state index in [0.717, 1.165) is 0 Å². The summed E-state index contributed by atoms with van der Waals surface area (Å²) in [5.41, 5.74) is 0. The van der Waals surface area contributed by atoms with Gasteiger partial charge in [0.25, 0.3) is 0 Å². The summed E-state index contributed by atoms with van der Waals surface area (Å²) in [4.78, 5) is 13.4. The number of amides is 1. The highest BCUT2D eigenvalue weighted by molar-refractivity contribution is 7.89. The second-order valence-electron chi connectivity index (χ2n) is 4.40. The molecule has 0 saturated carbocycles. The molecular formula is C13H18N2O4S. The molecule has 1 aromatic carbocycles. The van der Waals surface area contributed by atoms with Crippen LogP contribution in [0.15, 0.2) is 35.2 Å². The Labute approximate surface area is 119 Å². The Balaban J connectivity index is 2.02. The zero-order valence-electron chi connectivity index (χ0n) is 11.4. The molecule has 1 aromatic rings. The largest absolute Gasteiger partial charge is 0.450 e. The normalized spacial score (nSPS) is 16.9. The van der Waals surface area contributed by atoms with Crippen molar-refractivity contribution in [3.63, 3.8) is 0 Å². The number of nitrogens with zero attached hydrogens (tertiary/aromatic N) is 2. The minimum Gasteiger partial charge on any atom is -0.450 e. The molecule has 1 amide bonds. The highest BCUT2D eigenvalue weighted by atomic mass is 32.2. The first kappa shape index (κ1) is 14.8. The first-order chi connectivity index (χ1) is 9.55. The molecule has 1 saturated heterocycles. The van der Waals surface area contributed by atoms with Crippen molar-refractivity contribution in [1.29, 1.82) is 0 Å². The number of rotatable bonds is 3. The molecule has 0 bridgehead atoms. The molecule has 7 heteroatoms. The summed E-state index contributed by atoms with van der Waals surface area (Å²) in [7, 11) is -3.47. The van der Waals surface area contributed by atoms with Crippen LogP contribution >= 0.6 is 0 Å². The SMILES string of the molecule is CCOC(=O)N1CCN(S(=O)(=O)c2ccccc2)CC1. The maximum atomic E-state index is 12.4. The zero-order chi connectivity index (χ0) is 14.6. The summed E-state index contributed by atoms with van der Waals surface area (Å²) in [5.74, 6) is 0. The predicted octanol–water partition coefficient (Wildman–Crippen LogP) is 1.15. The van der Waals surface area contributed by atoms with Crippen LogP contribution < -0.4 is 0 Å². The average Bonchev–Trinajstić information content (AvgIpc) is 2.48. The van der Waals surface area contributed by atoms with E-state index < -0.39 is 10.0 Å². The van der Waals surface area contributed by atoms with Gasteiger partial charge >= 0.3 is 6.09 Å². The van der Waals surface area contributed by atoms with E-state index in [9.17, 15) is 13.2 Å². The molecule has 0 radical (unpaired) electrons. The van der Waals surface area contributed by atoms with Crippen LogP contribution in [0.2, 0.25) is 0 Å². The Bertz CT molecular complexity index is 551. The van der Waals surface area contributed by atoms with Crippen molar-refractivity contribution in [2.24, 2.45) is 0 Å². The van der Waals surface area contributed by atoms with E-state index in [1.807, 2.05) is 0 Å². The van der Waals surface area contributed by atoms with Gasteiger partial charge in [-0.1, -0.05) is 18.2 Å². The molecule has 1 heterocycles. The monoisotopic (exact) mass is 298 g/mol. The minimum absolute atomic E-state index is 0.282. The fourth-order valence-corrected chi connectivity index (χ4v) is 3.51. The minimum atomic E-state index is -3.47. The topological polar surface area (TPSA) is 66.9 Å². The molecule has 2 rings (SSSR count). The highest BCUT2D eigenvalue weighted by Gasteiger charge is 2.30. The molecule has 20 heavy (non-hydrogen) atoms. The maximum Gasteiger partial charge on any atom is 0.409 e. The molecule has 110 valence electrons. The van der Waals surface area contributed by atoms with Crippen molar-refractivity contribution in [2.75, 3.05) is 32.8 Å². The molecule has 0 aromatic heterocycles. The summed E-state index contributed by atoms with van der Waals surface area (Å²) in [5, 5.41) is 0.